The standard InChI is InChI=1S/C20H17IN2O3/c1-2-26-19-10-8-14(15-5-3-4-6-16(15)19)12-22-23-20(25)13-7-9-17(21)18(24)11-13/h3-12,24H,2H2,1H3,(H,23,25)/b22-12+. The van der Waals surface area contributed by atoms with Gasteiger partial charge in [0, 0.05) is 16.5 Å². The van der Waals surface area contributed by atoms with Gasteiger partial charge in [0.05, 0.1) is 16.4 Å². The summed E-state index contributed by atoms with van der Waals surface area (Å²) < 4.78 is 6.34. The molecule has 6 heteroatoms. The Labute approximate surface area is 164 Å². The molecule has 5 nitrogen and oxygen atoms in total. The molecule has 3 aromatic rings. The number of nitrogens with one attached hydrogen (secondary N) is 1. The molecule has 0 aliphatic heterocycles. The predicted molar refractivity (Wildman–Crippen MR) is 111 cm³/mol. The Morgan fingerprint density at radius 3 is 2.69 bits per heavy atom. The van der Waals surface area contributed by atoms with Crippen molar-refractivity contribution in [2.45, 2.75) is 6.92 Å². The van der Waals surface area contributed by atoms with Crippen molar-refractivity contribution >= 4 is 45.5 Å². The van der Waals surface area contributed by atoms with Crippen LogP contribution < -0.4 is 10.2 Å². The molecule has 3 rings (SSSR count). The number of benzene rings is 3. The topological polar surface area (TPSA) is 70.9 Å². The number of amides is 1. The maximum absolute atomic E-state index is 12.1. The zero-order valence-electron chi connectivity index (χ0n) is 14.1. The maximum atomic E-state index is 12.1. The number of fused-ring (bicyclic) bond motifs is 1. The molecule has 0 aromatic heterocycles. The zero-order chi connectivity index (χ0) is 18.5. The monoisotopic (exact) mass is 460 g/mol. The second-order valence-corrected chi connectivity index (χ2v) is 6.66. The Morgan fingerprint density at radius 2 is 1.96 bits per heavy atom. The fourth-order valence-corrected chi connectivity index (χ4v) is 2.90. The largest absolute Gasteiger partial charge is 0.507 e. The smallest absolute Gasteiger partial charge is 0.271 e. The highest BCUT2D eigenvalue weighted by atomic mass is 127. The van der Waals surface area contributed by atoms with Crippen molar-refractivity contribution < 1.29 is 14.6 Å². The number of hydrogen-bond acceptors (Lipinski definition) is 4. The molecule has 0 unspecified atom stereocenters. The van der Waals surface area contributed by atoms with Crippen LogP contribution in [0.5, 0.6) is 11.5 Å². The minimum Gasteiger partial charge on any atom is -0.507 e. The number of halogens is 1. The average Bonchev–Trinajstić information content (AvgIpc) is 2.65. The van der Waals surface area contributed by atoms with Gasteiger partial charge < -0.3 is 9.84 Å². The summed E-state index contributed by atoms with van der Waals surface area (Å²) in [6, 6.07) is 16.4. The third-order valence-corrected chi connectivity index (χ3v) is 4.71. The fourth-order valence-electron chi connectivity index (χ4n) is 2.57. The van der Waals surface area contributed by atoms with E-state index in [-0.39, 0.29) is 11.7 Å². The third-order valence-electron chi connectivity index (χ3n) is 3.80. The summed E-state index contributed by atoms with van der Waals surface area (Å²) in [5.41, 5.74) is 3.70. The minimum atomic E-state index is -0.386. The van der Waals surface area contributed by atoms with Gasteiger partial charge in [-0.05, 0) is 65.2 Å². The quantitative estimate of drug-likeness (QED) is 0.339. The number of hydrazone groups is 1. The van der Waals surface area contributed by atoms with Crippen molar-refractivity contribution in [3.05, 3.63) is 69.3 Å². The van der Waals surface area contributed by atoms with E-state index < -0.39 is 0 Å². The van der Waals surface area contributed by atoms with Crippen molar-refractivity contribution in [2.75, 3.05) is 6.61 Å². The van der Waals surface area contributed by atoms with E-state index in [2.05, 4.69) is 10.5 Å². The van der Waals surface area contributed by atoms with E-state index in [1.807, 2.05) is 65.9 Å². The van der Waals surface area contributed by atoms with Crippen molar-refractivity contribution in [2.24, 2.45) is 5.10 Å². The Hall–Kier alpha value is -2.61. The number of ether oxygens (including phenoxy) is 1. The van der Waals surface area contributed by atoms with Gasteiger partial charge in [0.1, 0.15) is 11.5 Å². The van der Waals surface area contributed by atoms with Gasteiger partial charge in [-0.15, -0.1) is 0 Å². The highest BCUT2D eigenvalue weighted by molar-refractivity contribution is 14.1. The maximum Gasteiger partial charge on any atom is 0.271 e. The van der Waals surface area contributed by atoms with Crippen LogP contribution in [0.2, 0.25) is 0 Å². The Morgan fingerprint density at radius 1 is 1.19 bits per heavy atom. The normalized spacial score (nSPS) is 11.0. The highest BCUT2D eigenvalue weighted by Crippen LogP contribution is 2.27. The lowest BCUT2D eigenvalue weighted by Crippen LogP contribution is -2.17. The Bertz CT molecular complexity index is 986. The molecular weight excluding hydrogens is 443 g/mol. The predicted octanol–water partition coefficient (Wildman–Crippen LogP) is 4.31. The molecule has 132 valence electrons. The molecule has 0 saturated carbocycles. The van der Waals surface area contributed by atoms with Crippen LogP contribution in [0.25, 0.3) is 10.8 Å². The van der Waals surface area contributed by atoms with Crippen molar-refractivity contribution in [1.82, 2.24) is 5.43 Å². The minimum absolute atomic E-state index is 0.0692. The molecule has 0 fully saturated rings. The van der Waals surface area contributed by atoms with E-state index in [1.165, 1.54) is 6.07 Å². The molecule has 1 amide bonds. The number of nitrogens with zero attached hydrogens (tertiary/aromatic N) is 1. The van der Waals surface area contributed by atoms with E-state index >= 15 is 0 Å². The summed E-state index contributed by atoms with van der Waals surface area (Å²) in [7, 11) is 0. The van der Waals surface area contributed by atoms with E-state index in [4.69, 9.17) is 4.74 Å². The summed E-state index contributed by atoms with van der Waals surface area (Å²) in [6.07, 6.45) is 1.60. The second kappa shape index (κ2) is 8.18. The van der Waals surface area contributed by atoms with Gasteiger partial charge in [-0.2, -0.15) is 5.10 Å². The molecule has 0 spiro atoms. The van der Waals surface area contributed by atoms with Gasteiger partial charge in [-0.3, -0.25) is 4.79 Å². The molecule has 3 aromatic carbocycles. The lowest BCUT2D eigenvalue weighted by Gasteiger charge is -2.09. The molecule has 0 saturated heterocycles. The van der Waals surface area contributed by atoms with E-state index in [0.717, 1.165) is 22.1 Å². The van der Waals surface area contributed by atoms with Crippen LogP contribution in [0.1, 0.15) is 22.8 Å². The van der Waals surface area contributed by atoms with Gasteiger partial charge >= 0.3 is 0 Å². The Kier molecular flexibility index (Phi) is 5.72. The number of carbonyl (C=O) groups excluding carboxylic acids is 1. The van der Waals surface area contributed by atoms with Gasteiger partial charge in [-0.1, -0.05) is 24.3 Å². The van der Waals surface area contributed by atoms with Crippen molar-refractivity contribution in [1.29, 1.82) is 0 Å². The molecule has 0 aliphatic carbocycles. The zero-order valence-corrected chi connectivity index (χ0v) is 16.2. The molecule has 0 bridgehead atoms. The highest BCUT2D eigenvalue weighted by Gasteiger charge is 2.08. The molecule has 0 radical (unpaired) electrons. The SMILES string of the molecule is CCOc1ccc(/C=N/NC(=O)c2ccc(I)c(O)c2)c2ccccc12. The van der Waals surface area contributed by atoms with Crippen molar-refractivity contribution in [3.8, 4) is 11.5 Å². The summed E-state index contributed by atoms with van der Waals surface area (Å²) in [6.45, 7) is 2.54. The molecule has 2 N–H and O–H groups in total. The first kappa shape index (κ1) is 18.2. The number of hydrogen-bond donors (Lipinski definition) is 2. The fraction of sp³-hybridized carbons (Fsp3) is 0.100. The third kappa shape index (κ3) is 3.96. The van der Waals surface area contributed by atoms with E-state index in [0.29, 0.717) is 15.7 Å². The summed E-state index contributed by atoms with van der Waals surface area (Å²) >= 11 is 2.00. The first-order valence-corrected chi connectivity index (χ1v) is 9.14. The number of phenols is 1. The lowest BCUT2D eigenvalue weighted by molar-refractivity contribution is 0.0954. The van der Waals surface area contributed by atoms with Crippen LogP contribution in [-0.2, 0) is 0 Å². The van der Waals surface area contributed by atoms with Crippen molar-refractivity contribution in [3.63, 3.8) is 0 Å². The molecule has 0 aliphatic rings. The number of aromatic hydroxyl groups is 1. The number of phenolic OH excluding ortho intramolecular Hbond substituents is 1. The van der Waals surface area contributed by atoms with Crippen LogP contribution >= 0.6 is 22.6 Å². The summed E-state index contributed by atoms with van der Waals surface area (Å²) in [5, 5.41) is 15.7. The average molecular weight is 460 g/mol. The van der Waals surface area contributed by atoms with Crippen LogP contribution in [0, 0.1) is 3.57 Å². The van der Waals surface area contributed by atoms with Gasteiger partial charge in [-0.25, -0.2) is 5.43 Å². The van der Waals surface area contributed by atoms with Crippen LogP contribution in [-0.4, -0.2) is 23.8 Å². The van der Waals surface area contributed by atoms with Gasteiger partial charge in [0.15, 0.2) is 0 Å². The molecule has 26 heavy (non-hydrogen) atoms. The van der Waals surface area contributed by atoms with Crippen LogP contribution in [0.15, 0.2) is 59.7 Å². The number of carbonyl (C=O) groups is 1. The lowest BCUT2D eigenvalue weighted by atomic mass is 10.0. The first-order valence-electron chi connectivity index (χ1n) is 8.06. The number of rotatable bonds is 5. The van der Waals surface area contributed by atoms with Gasteiger partial charge in [0.25, 0.3) is 5.91 Å². The Balaban J connectivity index is 1.81. The summed E-state index contributed by atoms with van der Waals surface area (Å²) in [4.78, 5) is 12.1. The second-order valence-electron chi connectivity index (χ2n) is 5.50. The van der Waals surface area contributed by atoms with E-state index in [1.54, 1.807) is 18.3 Å². The van der Waals surface area contributed by atoms with Crippen LogP contribution in [0.4, 0.5) is 0 Å². The summed E-state index contributed by atoms with van der Waals surface area (Å²) in [5.74, 6) is 0.501. The first-order chi connectivity index (χ1) is 12.6. The molecular formula is C20H17IN2O3. The molecule has 0 heterocycles. The van der Waals surface area contributed by atoms with Crippen LogP contribution in [0.3, 0.4) is 0 Å². The molecule has 0 atom stereocenters. The van der Waals surface area contributed by atoms with Gasteiger partial charge in [0.2, 0.25) is 0 Å². The van der Waals surface area contributed by atoms with E-state index in [9.17, 15) is 9.90 Å².